The molecule has 0 unspecified atom stereocenters. The highest BCUT2D eigenvalue weighted by molar-refractivity contribution is 7.98. The van der Waals surface area contributed by atoms with Crippen molar-refractivity contribution in [2.24, 2.45) is 0 Å². The van der Waals surface area contributed by atoms with Crippen LogP contribution in [0.2, 0.25) is 0 Å². The van der Waals surface area contributed by atoms with Gasteiger partial charge in [-0.25, -0.2) is 9.67 Å². The largest absolute Gasteiger partial charge is 0.440 e. The van der Waals surface area contributed by atoms with E-state index < -0.39 is 0 Å². The third-order valence-electron chi connectivity index (χ3n) is 3.34. The summed E-state index contributed by atoms with van der Waals surface area (Å²) in [7, 11) is 0. The predicted octanol–water partition coefficient (Wildman–Crippen LogP) is 3.15. The Kier molecular flexibility index (Phi) is 3.77. The van der Waals surface area contributed by atoms with Gasteiger partial charge in [-0.3, -0.25) is 0 Å². The van der Waals surface area contributed by atoms with Gasteiger partial charge in [0.1, 0.15) is 5.52 Å². The van der Waals surface area contributed by atoms with Crippen molar-refractivity contribution in [3.8, 4) is 0 Å². The maximum absolute atomic E-state index is 5.71. The summed E-state index contributed by atoms with van der Waals surface area (Å²) in [5, 5.41) is 12.6. The zero-order valence-corrected chi connectivity index (χ0v) is 13.0. The van der Waals surface area contributed by atoms with Crippen LogP contribution in [0.1, 0.15) is 11.5 Å². The van der Waals surface area contributed by atoms with Gasteiger partial charge in [0.05, 0.1) is 12.3 Å². The van der Waals surface area contributed by atoms with E-state index in [-0.39, 0.29) is 0 Å². The molecule has 23 heavy (non-hydrogen) atoms. The van der Waals surface area contributed by atoms with Crippen LogP contribution in [0.3, 0.4) is 0 Å². The van der Waals surface area contributed by atoms with Gasteiger partial charge in [0.25, 0.3) is 0 Å². The molecule has 0 saturated carbocycles. The molecule has 0 N–H and O–H groups in total. The molecule has 4 rings (SSSR count). The van der Waals surface area contributed by atoms with Crippen LogP contribution < -0.4 is 0 Å². The number of benzene rings is 2. The molecule has 0 spiro atoms. The Balaban J connectivity index is 1.48. The molecule has 0 aliphatic carbocycles. The van der Waals surface area contributed by atoms with E-state index in [1.807, 2.05) is 42.5 Å². The number of oxazole rings is 1. The standard InChI is InChI=1S/C16H13N5OS/c1-2-6-12(7-3-1)10-21-16(18-19-20-21)23-11-15-17-13-8-4-5-9-14(13)22-15/h1-9H,10-11H2. The number of thioether (sulfide) groups is 1. The van der Waals surface area contributed by atoms with E-state index in [4.69, 9.17) is 4.42 Å². The Bertz CT molecular complexity index is 885. The van der Waals surface area contributed by atoms with Crippen molar-refractivity contribution in [2.45, 2.75) is 17.5 Å². The Morgan fingerprint density at radius 2 is 1.83 bits per heavy atom. The maximum atomic E-state index is 5.71. The highest BCUT2D eigenvalue weighted by atomic mass is 32.2. The summed E-state index contributed by atoms with van der Waals surface area (Å²) in [6.45, 7) is 0.643. The van der Waals surface area contributed by atoms with E-state index in [0.717, 1.165) is 21.8 Å². The van der Waals surface area contributed by atoms with Crippen LogP contribution in [0.4, 0.5) is 0 Å². The molecule has 0 saturated heterocycles. The first-order valence-electron chi connectivity index (χ1n) is 7.16. The number of para-hydroxylation sites is 2. The van der Waals surface area contributed by atoms with Gasteiger partial charge in [-0.15, -0.1) is 5.10 Å². The van der Waals surface area contributed by atoms with Crippen molar-refractivity contribution in [3.63, 3.8) is 0 Å². The van der Waals surface area contributed by atoms with E-state index in [0.29, 0.717) is 18.2 Å². The lowest BCUT2D eigenvalue weighted by Gasteiger charge is -2.03. The van der Waals surface area contributed by atoms with Gasteiger partial charge < -0.3 is 4.42 Å². The number of rotatable bonds is 5. The fourth-order valence-corrected chi connectivity index (χ4v) is 2.98. The minimum atomic E-state index is 0.587. The normalized spacial score (nSPS) is 11.1. The van der Waals surface area contributed by atoms with Gasteiger partial charge in [0.2, 0.25) is 11.0 Å². The fraction of sp³-hybridized carbons (Fsp3) is 0.125. The molecule has 0 aliphatic heterocycles. The predicted molar refractivity (Wildman–Crippen MR) is 86.9 cm³/mol. The Morgan fingerprint density at radius 3 is 2.70 bits per heavy atom. The summed E-state index contributed by atoms with van der Waals surface area (Å²) in [5.41, 5.74) is 2.82. The Labute approximate surface area is 136 Å². The third-order valence-corrected chi connectivity index (χ3v) is 4.28. The minimum Gasteiger partial charge on any atom is -0.440 e. The molecule has 4 aromatic rings. The smallest absolute Gasteiger partial charge is 0.210 e. The lowest BCUT2D eigenvalue weighted by atomic mass is 10.2. The Hall–Kier alpha value is -2.67. The average molecular weight is 323 g/mol. The van der Waals surface area contributed by atoms with Crippen molar-refractivity contribution in [2.75, 3.05) is 0 Å². The second kappa shape index (κ2) is 6.21. The first-order chi connectivity index (χ1) is 11.4. The van der Waals surface area contributed by atoms with Gasteiger partial charge in [-0.05, 0) is 28.1 Å². The Morgan fingerprint density at radius 1 is 1.00 bits per heavy atom. The SMILES string of the molecule is c1ccc(Cn2nnnc2SCc2nc3ccccc3o2)cc1. The quantitative estimate of drug-likeness (QED) is 0.525. The van der Waals surface area contributed by atoms with E-state index in [2.05, 4.69) is 32.6 Å². The highest BCUT2D eigenvalue weighted by Crippen LogP contribution is 2.23. The molecule has 0 amide bonds. The highest BCUT2D eigenvalue weighted by Gasteiger charge is 2.11. The molecule has 2 heterocycles. The van der Waals surface area contributed by atoms with Crippen LogP contribution in [0.15, 0.2) is 64.2 Å². The number of fused-ring (bicyclic) bond motifs is 1. The lowest BCUT2D eigenvalue weighted by molar-refractivity contribution is 0.554. The summed E-state index contributed by atoms with van der Waals surface area (Å²) >= 11 is 1.51. The number of tetrazole rings is 1. The molecular formula is C16H13N5OS. The van der Waals surface area contributed by atoms with Crippen LogP contribution in [0, 0.1) is 0 Å². The number of hydrogen-bond donors (Lipinski definition) is 0. The molecule has 0 fully saturated rings. The summed E-state index contributed by atoms with van der Waals surface area (Å²) < 4.78 is 7.50. The van der Waals surface area contributed by atoms with Crippen molar-refractivity contribution < 1.29 is 4.42 Å². The zero-order valence-electron chi connectivity index (χ0n) is 12.2. The van der Waals surface area contributed by atoms with Gasteiger partial charge in [-0.1, -0.05) is 54.2 Å². The molecule has 114 valence electrons. The average Bonchev–Trinajstić information content (AvgIpc) is 3.20. The monoisotopic (exact) mass is 323 g/mol. The zero-order chi connectivity index (χ0) is 15.5. The summed E-state index contributed by atoms with van der Waals surface area (Å²) in [6, 6.07) is 17.8. The van der Waals surface area contributed by atoms with E-state index in [9.17, 15) is 0 Å². The second-order valence-corrected chi connectivity index (χ2v) is 5.91. The second-order valence-electron chi connectivity index (χ2n) is 4.97. The van der Waals surface area contributed by atoms with E-state index >= 15 is 0 Å². The number of aromatic nitrogens is 5. The van der Waals surface area contributed by atoms with Crippen molar-refractivity contribution in [1.29, 1.82) is 0 Å². The molecule has 0 bridgehead atoms. The number of hydrogen-bond acceptors (Lipinski definition) is 6. The molecule has 6 nitrogen and oxygen atoms in total. The molecule has 0 aliphatic rings. The topological polar surface area (TPSA) is 69.6 Å². The molecule has 0 radical (unpaired) electrons. The summed E-state index contributed by atoms with van der Waals surface area (Å²) in [5.74, 6) is 1.26. The first-order valence-corrected chi connectivity index (χ1v) is 8.14. The minimum absolute atomic E-state index is 0.587. The molecule has 0 atom stereocenters. The van der Waals surface area contributed by atoms with Crippen LogP contribution in [-0.2, 0) is 12.3 Å². The van der Waals surface area contributed by atoms with Crippen molar-refractivity contribution >= 4 is 22.9 Å². The summed E-state index contributed by atoms with van der Waals surface area (Å²) in [4.78, 5) is 4.46. The molecular weight excluding hydrogens is 310 g/mol. The van der Waals surface area contributed by atoms with Crippen LogP contribution in [0.25, 0.3) is 11.1 Å². The first kappa shape index (κ1) is 14.0. The molecule has 2 aromatic heterocycles. The maximum Gasteiger partial charge on any atom is 0.210 e. The molecule has 2 aromatic carbocycles. The van der Waals surface area contributed by atoms with Gasteiger partial charge in [-0.2, -0.15) is 0 Å². The van der Waals surface area contributed by atoms with E-state index in [1.165, 1.54) is 11.8 Å². The van der Waals surface area contributed by atoms with Gasteiger partial charge in [0.15, 0.2) is 5.58 Å². The van der Waals surface area contributed by atoms with E-state index in [1.54, 1.807) is 4.68 Å². The summed E-state index contributed by atoms with van der Waals surface area (Å²) in [6.07, 6.45) is 0. The van der Waals surface area contributed by atoms with Crippen molar-refractivity contribution in [1.82, 2.24) is 25.2 Å². The van der Waals surface area contributed by atoms with Gasteiger partial charge >= 0.3 is 0 Å². The fourth-order valence-electron chi connectivity index (χ4n) is 2.26. The van der Waals surface area contributed by atoms with Crippen LogP contribution in [-0.4, -0.2) is 25.2 Å². The number of nitrogens with zero attached hydrogens (tertiary/aromatic N) is 5. The third kappa shape index (κ3) is 3.09. The van der Waals surface area contributed by atoms with Gasteiger partial charge in [0, 0.05) is 0 Å². The van der Waals surface area contributed by atoms with Crippen LogP contribution >= 0.6 is 11.8 Å². The molecule has 7 heteroatoms. The van der Waals surface area contributed by atoms with Crippen LogP contribution in [0.5, 0.6) is 0 Å². The lowest BCUT2D eigenvalue weighted by Crippen LogP contribution is -2.03. The van der Waals surface area contributed by atoms with Crippen molar-refractivity contribution in [3.05, 3.63) is 66.1 Å².